The SMILES string of the molecule is Cc1csc(SCC(=O)Nc2cc(C(=O)O)ccc2Cl)n1. The second kappa shape index (κ2) is 6.93. The molecule has 2 N–H and O–H groups in total. The number of carboxylic acid groups (broad SMARTS) is 1. The lowest BCUT2D eigenvalue weighted by atomic mass is 10.2. The number of carbonyl (C=O) groups is 2. The van der Waals surface area contributed by atoms with Crippen LogP contribution in [0.3, 0.4) is 0 Å². The minimum atomic E-state index is -1.07. The standard InChI is InChI=1S/C13H11ClN2O3S2/c1-7-5-20-13(15-7)21-6-11(17)16-10-4-8(12(18)19)2-3-9(10)14/h2-5H,6H2,1H3,(H,16,17)(H,18,19). The zero-order valence-corrected chi connectivity index (χ0v) is 13.3. The number of aromatic carboxylic acids is 1. The minimum absolute atomic E-state index is 0.0675. The second-order valence-electron chi connectivity index (χ2n) is 4.09. The quantitative estimate of drug-likeness (QED) is 0.812. The van der Waals surface area contributed by atoms with Crippen LogP contribution in [-0.4, -0.2) is 27.7 Å². The van der Waals surface area contributed by atoms with Gasteiger partial charge in [-0.2, -0.15) is 0 Å². The Morgan fingerprint density at radius 2 is 2.24 bits per heavy atom. The van der Waals surface area contributed by atoms with E-state index in [4.69, 9.17) is 16.7 Å². The van der Waals surface area contributed by atoms with Crippen LogP contribution in [0.2, 0.25) is 5.02 Å². The topological polar surface area (TPSA) is 79.3 Å². The molecule has 0 aliphatic rings. The Bertz CT molecular complexity index is 688. The molecular weight excluding hydrogens is 332 g/mol. The number of benzene rings is 1. The highest BCUT2D eigenvalue weighted by Gasteiger charge is 2.11. The fraction of sp³-hybridized carbons (Fsp3) is 0.154. The number of nitrogens with one attached hydrogen (secondary N) is 1. The van der Waals surface area contributed by atoms with Crippen LogP contribution in [0, 0.1) is 6.92 Å². The van der Waals surface area contributed by atoms with E-state index in [9.17, 15) is 9.59 Å². The van der Waals surface area contributed by atoms with Crippen LogP contribution in [0.15, 0.2) is 27.9 Å². The Morgan fingerprint density at radius 1 is 1.48 bits per heavy atom. The number of carbonyl (C=O) groups excluding carboxylic acids is 1. The van der Waals surface area contributed by atoms with Gasteiger partial charge in [-0.3, -0.25) is 4.79 Å². The predicted octanol–water partition coefficient (Wildman–Crippen LogP) is 3.53. The molecule has 0 saturated carbocycles. The van der Waals surface area contributed by atoms with E-state index in [1.807, 2.05) is 12.3 Å². The lowest BCUT2D eigenvalue weighted by Gasteiger charge is -2.07. The van der Waals surface area contributed by atoms with Crippen LogP contribution in [0.5, 0.6) is 0 Å². The van der Waals surface area contributed by atoms with Gasteiger partial charge in [-0.25, -0.2) is 9.78 Å². The minimum Gasteiger partial charge on any atom is -0.478 e. The summed E-state index contributed by atoms with van der Waals surface area (Å²) in [6.45, 7) is 1.89. The number of anilines is 1. The summed E-state index contributed by atoms with van der Waals surface area (Å²) in [5, 5.41) is 13.7. The third-order valence-electron chi connectivity index (χ3n) is 2.41. The molecule has 8 heteroatoms. The van der Waals surface area contributed by atoms with Gasteiger partial charge in [0.25, 0.3) is 0 Å². The Balaban J connectivity index is 1.99. The maximum atomic E-state index is 11.9. The number of aromatic nitrogens is 1. The molecule has 1 aromatic heterocycles. The molecule has 2 aromatic rings. The largest absolute Gasteiger partial charge is 0.478 e. The zero-order valence-electron chi connectivity index (χ0n) is 10.9. The Kier molecular flexibility index (Phi) is 5.22. The third-order valence-corrected chi connectivity index (χ3v) is 4.88. The summed E-state index contributed by atoms with van der Waals surface area (Å²) in [4.78, 5) is 27.0. The van der Waals surface area contributed by atoms with Gasteiger partial charge in [0, 0.05) is 11.1 Å². The molecule has 0 unspecified atom stereocenters. The van der Waals surface area contributed by atoms with Crippen molar-refractivity contribution in [2.75, 3.05) is 11.1 Å². The number of carboxylic acids is 1. The molecule has 1 heterocycles. The van der Waals surface area contributed by atoms with Gasteiger partial charge in [0.15, 0.2) is 4.34 Å². The predicted molar refractivity (Wildman–Crippen MR) is 84.6 cm³/mol. The van der Waals surface area contributed by atoms with Gasteiger partial charge in [-0.05, 0) is 25.1 Å². The van der Waals surface area contributed by atoms with Crippen LogP contribution in [0.25, 0.3) is 0 Å². The number of amides is 1. The Morgan fingerprint density at radius 3 is 2.86 bits per heavy atom. The fourth-order valence-corrected chi connectivity index (χ4v) is 3.28. The number of halogens is 1. The van der Waals surface area contributed by atoms with Gasteiger partial charge in [0.2, 0.25) is 5.91 Å². The van der Waals surface area contributed by atoms with Crippen molar-refractivity contribution in [1.29, 1.82) is 0 Å². The van der Waals surface area contributed by atoms with E-state index in [1.165, 1.54) is 41.3 Å². The number of hydrogen-bond donors (Lipinski definition) is 2. The first-order chi connectivity index (χ1) is 9.95. The van der Waals surface area contributed by atoms with Crippen LogP contribution in [0.4, 0.5) is 5.69 Å². The van der Waals surface area contributed by atoms with Crippen molar-refractivity contribution < 1.29 is 14.7 Å². The summed E-state index contributed by atoms with van der Waals surface area (Å²) in [7, 11) is 0. The first-order valence-electron chi connectivity index (χ1n) is 5.83. The molecule has 2 rings (SSSR count). The lowest BCUT2D eigenvalue weighted by Crippen LogP contribution is -2.14. The summed E-state index contributed by atoms with van der Waals surface area (Å²) >= 11 is 8.74. The number of rotatable bonds is 5. The molecule has 5 nitrogen and oxygen atoms in total. The number of nitrogens with zero attached hydrogens (tertiary/aromatic N) is 1. The number of aryl methyl sites for hydroxylation is 1. The molecule has 1 aromatic carbocycles. The second-order valence-corrected chi connectivity index (χ2v) is 6.58. The molecule has 0 saturated heterocycles. The molecule has 0 aliphatic heterocycles. The lowest BCUT2D eigenvalue weighted by molar-refractivity contribution is -0.113. The van der Waals surface area contributed by atoms with Gasteiger partial charge in [-0.1, -0.05) is 23.4 Å². The van der Waals surface area contributed by atoms with Crippen LogP contribution < -0.4 is 5.32 Å². The van der Waals surface area contributed by atoms with E-state index in [-0.39, 0.29) is 22.9 Å². The van der Waals surface area contributed by atoms with E-state index in [0.717, 1.165) is 10.0 Å². The highest BCUT2D eigenvalue weighted by atomic mass is 35.5. The summed E-state index contributed by atoms with van der Waals surface area (Å²) in [6, 6.07) is 4.16. The average molecular weight is 343 g/mol. The highest BCUT2D eigenvalue weighted by molar-refractivity contribution is 8.01. The summed E-state index contributed by atoms with van der Waals surface area (Å²) in [5.41, 5.74) is 1.27. The highest BCUT2D eigenvalue weighted by Crippen LogP contribution is 2.25. The van der Waals surface area contributed by atoms with Crippen molar-refractivity contribution in [1.82, 2.24) is 4.98 Å². The molecule has 21 heavy (non-hydrogen) atoms. The molecule has 0 radical (unpaired) electrons. The van der Waals surface area contributed by atoms with Crippen molar-refractivity contribution >= 4 is 52.3 Å². The van der Waals surface area contributed by atoms with Gasteiger partial charge < -0.3 is 10.4 Å². The molecule has 0 fully saturated rings. The summed E-state index contributed by atoms with van der Waals surface area (Å²) in [5.74, 6) is -1.16. The van der Waals surface area contributed by atoms with Crippen LogP contribution >= 0.6 is 34.7 Å². The third kappa shape index (κ3) is 4.45. The van der Waals surface area contributed by atoms with Gasteiger partial charge in [0.1, 0.15) is 0 Å². The van der Waals surface area contributed by atoms with Crippen LogP contribution in [-0.2, 0) is 4.79 Å². The number of thiazole rings is 1. The normalized spacial score (nSPS) is 10.4. The fourth-order valence-electron chi connectivity index (χ4n) is 1.47. The molecular formula is C13H11ClN2O3S2. The van der Waals surface area contributed by atoms with E-state index in [0.29, 0.717) is 5.02 Å². The maximum Gasteiger partial charge on any atom is 0.335 e. The smallest absolute Gasteiger partial charge is 0.335 e. The van der Waals surface area contributed by atoms with Gasteiger partial charge in [-0.15, -0.1) is 11.3 Å². The Hall–Kier alpha value is -1.57. The van der Waals surface area contributed by atoms with Gasteiger partial charge in [0.05, 0.1) is 22.0 Å². The number of thioether (sulfide) groups is 1. The molecule has 0 atom stereocenters. The first kappa shape index (κ1) is 15.8. The first-order valence-corrected chi connectivity index (χ1v) is 8.07. The Labute approximate surface area is 134 Å². The maximum absolute atomic E-state index is 11.9. The molecule has 1 amide bonds. The van der Waals surface area contributed by atoms with Gasteiger partial charge >= 0.3 is 5.97 Å². The molecule has 0 spiro atoms. The summed E-state index contributed by atoms with van der Waals surface area (Å²) in [6.07, 6.45) is 0. The molecule has 0 bridgehead atoms. The van der Waals surface area contributed by atoms with E-state index < -0.39 is 5.97 Å². The van der Waals surface area contributed by atoms with Crippen molar-refractivity contribution in [3.63, 3.8) is 0 Å². The molecule has 110 valence electrons. The monoisotopic (exact) mass is 342 g/mol. The average Bonchev–Trinajstić information content (AvgIpc) is 2.84. The van der Waals surface area contributed by atoms with Crippen molar-refractivity contribution in [3.8, 4) is 0 Å². The van der Waals surface area contributed by atoms with Crippen LogP contribution in [0.1, 0.15) is 16.1 Å². The zero-order chi connectivity index (χ0) is 15.4. The number of hydrogen-bond acceptors (Lipinski definition) is 5. The molecule has 0 aliphatic carbocycles. The van der Waals surface area contributed by atoms with Crippen molar-refractivity contribution in [3.05, 3.63) is 39.9 Å². The van der Waals surface area contributed by atoms with Crippen molar-refractivity contribution in [2.24, 2.45) is 0 Å². The van der Waals surface area contributed by atoms with E-state index in [2.05, 4.69) is 10.3 Å². The van der Waals surface area contributed by atoms with E-state index in [1.54, 1.807) is 0 Å². The van der Waals surface area contributed by atoms with E-state index >= 15 is 0 Å². The summed E-state index contributed by atoms with van der Waals surface area (Å²) < 4.78 is 0.813. The van der Waals surface area contributed by atoms with Crippen molar-refractivity contribution in [2.45, 2.75) is 11.3 Å².